The first-order chi connectivity index (χ1) is 9.22. The van der Waals surface area contributed by atoms with Crippen molar-refractivity contribution in [2.75, 3.05) is 0 Å². The fourth-order valence-corrected chi connectivity index (χ4v) is 2.40. The molecule has 1 unspecified atom stereocenters. The van der Waals surface area contributed by atoms with Crippen LogP contribution < -0.4 is 4.52 Å². The van der Waals surface area contributed by atoms with Crippen LogP contribution in [0.5, 0.6) is 5.75 Å². The van der Waals surface area contributed by atoms with Crippen LogP contribution in [0.25, 0.3) is 0 Å². The molecule has 0 aliphatic rings. The average molecular weight is 428 g/mol. The molecule has 1 aromatic rings. The van der Waals surface area contributed by atoms with Crippen LogP contribution in [-0.4, -0.2) is 4.89 Å². The third-order valence-corrected chi connectivity index (χ3v) is 3.54. The molecule has 0 spiro atoms. The van der Waals surface area contributed by atoms with Gasteiger partial charge < -0.3 is 0 Å². The Kier molecular flexibility index (Phi) is 13.4. The molecular formula is C15H24NdO3P+. The van der Waals surface area contributed by atoms with Crippen LogP contribution in [0.2, 0.25) is 0 Å². The quantitative estimate of drug-likeness (QED) is 0.422. The zero-order valence-electron chi connectivity index (χ0n) is 12.2. The SMILES string of the molecule is CCCCCCCCCc1ccc(O[P+](=O)O)cc1.[Nd]. The minimum atomic E-state index is -2.56. The van der Waals surface area contributed by atoms with Gasteiger partial charge in [-0.05, 0) is 30.5 Å². The topological polar surface area (TPSA) is 46.5 Å². The molecule has 0 bridgehead atoms. The van der Waals surface area contributed by atoms with Crippen LogP contribution in [0.4, 0.5) is 0 Å². The molecule has 0 heterocycles. The maximum atomic E-state index is 10.5. The summed E-state index contributed by atoms with van der Waals surface area (Å²) >= 11 is 0. The first-order valence-corrected chi connectivity index (χ1v) is 8.28. The molecule has 0 radical (unpaired) electrons. The Morgan fingerprint density at radius 3 is 2.10 bits per heavy atom. The van der Waals surface area contributed by atoms with Gasteiger partial charge in [-0.2, -0.15) is 0 Å². The predicted octanol–water partition coefficient (Wildman–Crippen LogP) is 5.01. The average Bonchev–Trinajstić information content (AvgIpc) is 2.39. The molecule has 3 nitrogen and oxygen atoms in total. The van der Waals surface area contributed by atoms with Crippen molar-refractivity contribution in [2.45, 2.75) is 58.3 Å². The summed E-state index contributed by atoms with van der Waals surface area (Å²) in [6.45, 7) is 2.24. The standard InChI is InChI=1S/C15H23O3P.Nd/c1-2-3-4-5-6-7-8-9-14-10-12-15(13-11-14)18-19(16)17;/h10-13H,2-9H2,1H3;/p+1. The number of hydrogen-bond acceptors (Lipinski definition) is 2. The smallest absolute Gasteiger partial charge is 0.229 e. The van der Waals surface area contributed by atoms with E-state index >= 15 is 0 Å². The van der Waals surface area contributed by atoms with Crippen molar-refractivity contribution in [2.24, 2.45) is 0 Å². The normalized spacial score (nSPS) is 10.8. The van der Waals surface area contributed by atoms with Crippen molar-refractivity contribution >= 4 is 8.25 Å². The molecule has 0 aromatic heterocycles. The maximum absolute atomic E-state index is 10.5. The minimum Gasteiger partial charge on any atom is -0.229 e. The molecule has 0 aliphatic heterocycles. The van der Waals surface area contributed by atoms with E-state index in [1.165, 1.54) is 50.5 Å². The molecule has 1 atom stereocenters. The Hall–Kier alpha value is 0.431. The number of hydrogen-bond donors (Lipinski definition) is 1. The third-order valence-electron chi connectivity index (χ3n) is 3.18. The van der Waals surface area contributed by atoms with E-state index in [9.17, 15) is 4.57 Å². The van der Waals surface area contributed by atoms with Gasteiger partial charge in [0, 0.05) is 45.4 Å². The molecular weight excluding hydrogens is 403 g/mol. The molecule has 5 heteroatoms. The number of unbranched alkanes of at least 4 members (excludes halogenated alkanes) is 6. The molecule has 0 amide bonds. The van der Waals surface area contributed by atoms with Crippen molar-refractivity contribution < 1.29 is 54.8 Å². The number of aryl methyl sites for hydroxylation is 1. The van der Waals surface area contributed by atoms with Crippen molar-refractivity contribution in [3.05, 3.63) is 29.8 Å². The Bertz CT molecular complexity index is 368. The van der Waals surface area contributed by atoms with Gasteiger partial charge >= 0.3 is 8.25 Å². The predicted molar refractivity (Wildman–Crippen MR) is 78.6 cm³/mol. The van der Waals surface area contributed by atoms with E-state index in [1.54, 1.807) is 12.1 Å². The summed E-state index contributed by atoms with van der Waals surface area (Å²) in [7, 11) is -2.56. The van der Waals surface area contributed by atoms with Gasteiger partial charge in [0.2, 0.25) is 0 Å². The molecule has 1 aromatic carbocycles. The number of benzene rings is 1. The molecule has 0 saturated carbocycles. The summed E-state index contributed by atoms with van der Waals surface area (Å²) in [6, 6.07) is 7.43. The van der Waals surface area contributed by atoms with Gasteiger partial charge in [-0.3, -0.25) is 0 Å². The van der Waals surface area contributed by atoms with Crippen LogP contribution in [0, 0.1) is 40.8 Å². The van der Waals surface area contributed by atoms with Crippen molar-refractivity contribution in [3.63, 3.8) is 0 Å². The van der Waals surface area contributed by atoms with Crippen LogP contribution >= 0.6 is 8.25 Å². The number of rotatable bonds is 10. The zero-order valence-corrected chi connectivity index (χ0v) is 16.3. The summed E-state index contributed by atoms with van der Waals surface area (Å²) in [5.41, 5.74) is 1.26. The second-order valence-electron chi connectivity index (χ2n) is 4.84. The first-order valence-electron chi connectivity index (χ1n) is 7.15. The summed E-state index contributed by atoms with van der Waals surface area (Å²) in [5, 5.41) is 0. The van der Waals surface area contributed by atoms with Gasteiger partial charge in [0.05, 0.1) is 0 Å². The second-order valence-corrected chi connectivity index (χ2v) is 5.50. The van der Waals surface area contributed by atoms with Crippen molar-refractivity contribution in [1.29, 1.82) is 0 Å². The Morgan fingerprint density at radius 1 is 1.00 bits per heavy atom. The molecule has 110 valence electrons. The van der Waals surface area contributed by atoms with Gasteiger partial charge in [0.1, 0.15) is 0 Å². The van der Waals surface area contributed by atoms with Gasteiger partial charge in [0.15, 0.2) is 5.75 Å². The monoisotopic (exact) mass is 425 g/mol. The van der Waals surface area contributed by atoms with Crippen LogP contribution in [0.1, 0.15) is 57.4 Å². The minimum absolute atomic E-state index is 0. The summed E-state index contributed by atoms with van der Waals surface area (Å²) in [5.74, 6) is 0.451. The largest absolute Gasteiger partial charge is 0.747 e. The van der Waals surface area contributed by atoms with Gasteiger partial charge in [-0.15, -0.1) is 4.89 Å². The third kappa shape index (κ3) is 10.2. The van der Waals surface area contributed by atoms with E-state index in [1.807, 2.05) is 12.1 Å². The Balaban J connectivity index is 0.00000361. The Labute approximate surface area is 156 Å². The molecule has 1 N–H and O–H groups in total. The zero-order chi connectivity index (χ0) is 13.9. The van der Waals surface area contributed by atoms with Crippen LogP contribution in [0.15, 0.2) is 24.3 Å². The van der Waals surface area contributed by atoms with E-state index in [0.717, 1.165) is 6.42 Å². The molecule has 0 aliphatic carbocycles. The van der Waals surface area contributed by atoms with Crippen LogP contribution in [-0.2, 0) is 11.0 Å². The maximum Gasteiger partial charge on any atom is 0.747 e. The summed E-state index contributed by atoms with van der Waals surface area (Å²) in [4.78, 5) is 8.62. The molecule has 0 fully saturated rings. The van der Waals surface area contributed by atoms with E-state index in [-0.39, 0.29) is 40.8 Å². The molecule has 1 rings (SSSR count). The van der Waals surface area contributed by atoms with Gasteiger partial charge in [0.25, 0.3) is 0 Å². The Morgan fingerprint density at radius 2 is 1.55 bits per heavy atom. The molecule has 20 heavy (non-hydrogen) atoms. The van der Waals surface area contributed by atoms with Crippen molar-refractivity contribution in [3.8, 4) is 5.75 Å². The van der Waals surface area contributed by atoms with E-state index < -0.39 is 8.25 Å². The fourth-order valence-electron chi connectivity index (χ4n) is 2.09. The summed E-state index contributed by atoms with van der Waals surface area (Å²) in [6.07, 6.45) is 10.3. The second kappa shape index (κ2) is 13.1. The summed E-state index contributed by atoms with van der Waals surface area (Å²) < 4.78 is 15.2. The molecule has 0 saturated heterocycles. The van der Waals surface area contributed by atoms with E-state index in [0.29, 0.717) is 5.75 Å². The van der Waals surface area contributed by atoms with E-state index in [4.69, 9.17) is 9.42 Å². The fraction of sp³-hybridized carbons (Fsp3) is 0.600. The van der Waals surface area contributed by atoms with Gasteiger partial charge in [-0.1, -0.05) is 57.6 Å². The van der Waals surface area contributed by atoms with Gasteiger partial charge in [-0.25, -0.2) is 4.52 Å². The van der Waals surface area contributed by atoms with E-state index in [2.05, 4.69) is 6.92 Å². The van der Waals surface area contributed by atoms with Crippen molar-refractivity contribution in [1.82, 2.24) is 0 Å². The van der Waals surface area contributed by atoms with Crippen LogP contribution in [0.3, 0.4) is 0 Å². The first kappa shape index (κ1) is 20.4.